The Labute approximate surface area is 118 Å². The molecule has 1 aromatic carbocycles. The Morgan fingerprint density at radius 2 is 1.95 bits per heavy atom. The largest absolute Gasteiger partial charge is 0.336 e. The zero-order chi connectivity index (χ0) is 13.4. The second-order valence-corrected chi connectivity index (χ2v) is 5.51. The van der Waals surface area contributed by atoms with Gasteiger partial charge in [-0.1, -0.05) is 24.3 Å². The van der Waals surface area contributed by atoms with Gasteiger partial charge >= 0.3 is 0 Å². The summed E-state index contributed by atoms with van der Waals surface area (Å²) in [4.78, 5) is 11.6. The first-order valence-corrected chi connectivity index (χ1v) is 7.27. The van der Waals surface area contributed by atoms with Gasteiger partial charge in [0.2, 0.25) is 5.95 Å². The van der Waals surface area contributed by atoms with E-state index in [2.05, 4.69) is 39.5 Å². The van der Waals surface area contributed by atoms with Crippen LogP contribution in [-0.4, -0.2) is 23.1 Å². The van der Waals surface area contributed by atoms with Crippen molar-refractivity contribution in [1.82, 2.24) is 15.3 Å². The number of anilines is 1. The molecule has 0 amide bonds. The van der Waals surface area contributed by atoms with Crippen LogP contribution < -0.4 is 10.2 Å². The number of fused-ring (bicyclic) bond motifs is 2. The van der Waals surface area contributed by atoms with Crippen LogP contribution in [0.5, 0.6) is 0 Å². The molecule has 0 spiro atoms. The van der Waals surface area contributed by atoms with E-state index in [0.717, 1.165) is 45.0 Å². The van der Waals surface area contributed by atoms with Crippen molar-refractivity contribution in [2.75, 3.05) is 18.0 Å². The maximum absolute atomic E-state index is 4.78. The highest BCUT2D eigenvalue weighted by molar-refractivity contribution is 5.41. The number of nitrogens with zero attached hydrogens (tertiary/aromatic N) is 3. The predicted octanol–water partition coefficient (Wildman–Crippen LogP) is 1.69. The first-order valence-electron chi connectivity index (χ1n) is 7.27. The summed E-state index contributed by atoms with van der Waals surface area (Å²) in [6.07, 6.45) is 4.08. The van der Waals surface area contributed by atoms with Crippen LogP contribution in [-0.2, 0) is 25.9 Å². The molecule has 2 aliphatic heterocycles. The minimum Gasteiger partial charge on any atom is -0.336 e. The quantitative estimate of drug-likeness (QED) is 0.852. The zero-order valence-electron chi connectivity index (χ0n) is 11.5. The Morgan fingerprint density at radius 3 is 2.90 bits per heavy atom. The molecule has 2 aliphatic rings. The minimum absolute atomic E-state index is 0.889. The van der Waals surface area contributed by atoms with E-state index in [-0.39, 0.29) is 0 Å². The van der Waals surface area contributed by atoms with E-state index in [1.54, 1.807) is 0 Å². The van der Waals surface area contributed by atoms with E-state index < -0.39 is 0 Å². The van der Waals surface area contributed by atoms with Crippen LogP contribution in [0.1, 0.15) is 22.4 Å². The molecule has 20 heavy (non-hydrogen) atoms. The van der Waals surface area contributed by atoms with E-state index in [0.29, 0.717) is 0 Å². The second-order valence-electron chi connectivity index (χ2n) is 5.51. The summed E-state index contributed by atoms with van der Waals surface area (Å²) >= 11 is 0. The molecule has 1 N–H and O–H groups in total. The van der Waals surface area contributed by atoms with Gasteiger partial charge in [0.1, 0.15) is 0 Å². The van der Waals surface area contributed by atoms with Gasteiger partial charge in [-0.25, -0.2) is 9.97 Å². The zero-order valence-corrected chi connectivity index (χ0v) is 11.5. The van der Waals surface area contributed by atoms with E-state index in [4.69, 9.17) is 4.98 Å². The lowest BCUT2D eigenvalue weighted by molar-refractivity contribution is 0.619. The number of aromatic nitrogens is 2. The van der Waals surface area contributed by atoms with Crippen LogP contribution in [0.4, 0.5) is 5.95 Å². The standard InChI is InChI=1S/C16H18N4/c1-2-4-13-11-20(8-6-12(13)3-1)16-18-10-14-9-17-7-5-15(14)19-16/h1-4,10,17H,5-9,11H2. The van der Waals surface area contributed by atoms with Crippen LogP contribution in [0.2, 0.25) is 0 Å². The summed E-state index contributed by atoms with van der Waals surface area (Å²) in [6.45, 7) is 3.85. The van der Waals surface area contributed by atoms with Crippen molar-refractivity contribution >= 4 is 5.95 Å². The smallest absolute Gasteiger partial charge is 0.225 e. The molecule has 4 nitrogen and oxygen atoms in total. The van der Waals surface area contributed by atoms with Crippen molar-refractivity contribution in [1.29, 1.82) is 0 Å². The number of rotatable bonds is 1. The van der Waals surface area contributed by atoms with Gasteiger partial charge in [0, 0.05) is 44.4 Å². The van der Waals surface area contributed by atoms with Crippen LogP contribution in [0, 0.1) is 0 Å². The van der Waals surface area contributed by atoms with Gasteiger partial charge in [-0.05, 0) is 17.5 Å². The maximum atomic E-state index is 4.78. The Kier molecular flexibility index (Phi) is 2.89. The number of nitrogens with one attached hydrogen (secondary N) is 1. The van der Waals surface area contributed by atoms with Crippen LogP contribution in [0.25, 0.3) is 0 Å². The Morgan fingerprint density at radius 1 is 1.05 bits per heavy atom. The van der Waals surface area contributed by atoms with Gasteiger partial charge in [0.25, 0.3) is 0 Å². The number of hydrogen-bond acceptors (Lipinski definition) is 4. The molecule has 0 aliphatic carbocycles. The van der Waals surface area contributed by atoms with Crippen molar-refractivity contribution in [3.8, 4) is 0 Å². The molecular weight excluding hydrogens is 248 g/mol. The van der Waals surface area contributed by atoms with E-state index in [1.165, 1.54) is 22.4 Å². The van der Waals surface area contributed by atoms with Crippen molar-refractivity contribution in [2.45, 2.75) is 25.9 Å². The molecule has 0 fully saturated rings. The van der Waals surface area contributed by atoms with Crippen LogP contribution in [0.3, 0.4) is 0 Å². The lowest BCUT2D eigenvalue weighted by Gasteiger charge is -2.29. The van der Waals surface area contributed by atoms with E-state index in [1.807, 2.05) is 6.20 Å². The molecular formula is C16H18N4. The van der Waals surface area contributed by atoms with Crippen molar-refractivity contribution in [2.24, 2.45) is 0 Å². The molecule has 1 aromatic heterocycles. The van der Waals surface area contributed by atoms with Crippen LogP contribution >= 0.6 is 0 Å². The van der Waals surface area contributed by atoms with Crippen molar-refractivity contribution < 1.29 is 0 Å². The van der Waals surface area contributed by atoms with Gasteiger partial charge in [-0.15, -0.1) is 0 Å². The topological polar surface area (TPSA) is 41.1 Å². The second kappa shape index (κ2) is 4.87. The normalized spacial score (nSPS) is 17.5. The summed E-state index contributed by atoms with van der Waals surface area (Å²) in [5.41, 5.74) is 5.33. The monoisotopic (exact) mass is 266 g/mol. The SMILES string of the molecule is c1ccc2c(c1)CCN(c1ncc3c(n1)CCNC3)C2. The average Bonchev–Trinajstić information content (AvgIpc) is 2.54. The average molecular weight is 266 g/mol. The molecule has 0 bridgehead atoms. The Hall–Kier alpha value is -1.94. The Balaban J connectivity index is 1.63. The summed E-state index contributed by atoms with van der Waals surface area (Å²) < 4.78 is 0. The van der Waals surface area contributed by atoms with E-state index in [9.17, 15) is 0 Å². The van der Waals surface area contributed by atoms with Crippen molar-refractivity contribution in [3.63, 3.8) is 0 Å². The first kappa shape index (κ1) is 11.9. The maximum Gasteiger partial charge on any atom is 0.225 e. The molecule has 0 unspecified atom stereocenters. The summed E-state index contributed by atoms with van der Waals surface area (Å²) in [5, 5.41) is 3.36. The fraction of sp³-hybridized carbons (Fsp3) is 0.375. The number of hydrogen-bond donors (Lipinski definition) is 1. The van der Waals surface area contributed by atoms with Gasteiger partial charge in [0.05, 0.1) is 5.69 Å². The minimum atomic E-state index is 0.889. The molecule has 4 rings (SSSR count). The fourth-order valence-corrected chi connectivity index (χ4v) is 3.04. The molecule has 0 saturated heterocycles. The fourth-order valence-electron chi connectivity index (χ4n) is 3.04. The molecule has 0 atom stereocenters. The third-order valence-corrected chi connectivity index (χ3v) is 4.21. The highest BCUT2D eigenvalue weighted by Gasteiger charge is 2.19. The van der Waals surface area contributed by atoms with Gasteiger partial charge in [0.15, 0.2) is 0 Å². The summed E-state index contributed by atoms with van der Waals surface area (Å²) in [7, 11) is 0. The molecule has 2 aromatic rings. The predicted molar refractivity (Wildman–Crippen MR) is 78.6 cm³/mol. The van der Waals surface area contributed by atoms with Gasteiger partial charge in [-0.2, -0.15) is 0 Å². The molecule has 0 radical (unpaired) electrons. The van der Waals surface area contributed by atoms with E-state index >= 15 is 0 Å². The summed E-state index contributed by atoms with van der Waals surface area (Å²) in [5.74, 6) is 0.889. The van der Waals surface area contributed by atoms with Gasteiger partial charge in [-0.3, -0.25) is 0 Å². The highest BCUT2D eigenvalue weighted by atomic mass is 15.3. The molecule has 0 saturated carbocycles. The lowest BCUT2D eigenvalue weighted by atomic mass is 10.0. The lowest BCUT2D eigenvalue weighted by Crippen LogP contribution is -2.33. The van der Waals surface area contributed by atoms with Crippen molar-refractivity contribution in [3.05, 3.63) is 52.8 Å². The summed E-state index contributed by atoms with van der Waals surface area (Å²) in [6, 6.07) is 8.68. The highest BCUT2D eigenvalue weighted by Crippen LogP contribution is 2.23. The number of benzene rings is 1. The third-order valence-electron chi connectivity index (χ3n) is 4.21. The third kappa shape index (κ3) is 2.06. The first-order chi connectivity index (χ1) is 9.90. The van der Waals surface area contributed by atoms with Crippen LogP contribution in [0.15, 0.2) is 30.5 Å². The molecule has 4 heteroatoms. The Bertz CT molecular complexity index is 638. The molecule has 102 valence electrons. The molecule has 3 heterocycles. The van der Waals surface area contributed by atoms with Gasteiger partial charge < -0.3 is 10.2 Å².